The molecule has 1 unspecified atom stereocenters. The summed E-state index contributed by atoms with van der Waals surface area (Å²) in [5.74, 6) is 0.572. The number of aromatic nitrogens is 1. The first-order chi connectivity index (χ1) is 12.3. The van der Waals surface area contributed by atoms with E-state index in [1.165, 1.54) is 23.1 Å². The van der Waals surface area contributed by atoms with Crippen LogP contribution in [-0.2, 0) is 4.79 Å². The summed E-state index contributed by atoms with van der Waals surface area (Å²) in [6.07, 6.45) is 1.75. The van der Waals surface area contributed by atoms with Crippen molar-refractivity contribution in [1.82, 2.24) is 4.98 Å². The van der Waals surface area contributed by atoms with Gasteiger partial charge in [0.05, 0.1) is 12.3 Å². The zero-order valence-corrected chi connectivity index (χ0v) is 15.3. The van der Waals surface area contributed by atoms with Crippen LogP contribution in [0.3, 0.4) is 0 Å². The molecule has 0 fully saturated rings. The van der Waals surface area contributed by atoms with Crippen molar-refractivity contribution in [3.63, 3.8) is 0 Å². The van der Waals surface area contributed by atoms with E-state index < -0.39 is 0 Å². The minimum absolute atomic E-state index is 0.0986. The Morgan fingerprint density at radius 2 is 1.96 bits per heavy atom. The van der Waals surface area contributed by atoms with E-state index in [0.717, 1.165) is 9.90 Å². The molecule has 1 aromatic heterocycles. The topological polar surface area (TPSA) is 51.2 Å². The highest BCUT2D eigenvalue weighted by Gasteiger charge is 2.24. The smallest absolute Gasteiger partial charge is 0.242 e. The lowest BCUT2D eigenvalue weighted by Crippen LogP contribution is -2.19. The minimum atomic E-state index is -0.387. The summed E-state index contributed by atoms with van der Waals surface area (Å²) < 4.78 is 6.46. The third kappa shape index (κ3) is 4.61. The lowest BCUT2D eigenvalue weighted by atomic mass is 10.1. The number of ether oxygens (including phenoxy) is 1. The van der Waals surface area contributed by atoms with Crippen LogP contribution in [0.5, 0.6) is 5.75 Å². The molecule has 1 N–H and O–H groups in total. The van der Waals surface area contributed by atoms with Crippen molar-refractivity contribution in [3.8, 4) is 5.75 Å². The molecule has 6 heteroatoms. The van der Waals surface area contributed by atoms with Gasteiger partial charge in [0.25, 0.3) is 0 Å². The van der Waals surface area contributed by atoms with E-state index in [1.807, 2.05) is 66.9 Å². The fraction of sp³-hybridized carbons (Fsp3) is 0.158. The first-order valence-electron chi connectivity index (χ1n) is 7.91. The number of anilines is 1. The highest BCUT2D eigenvalue weighted by Crippen LogP contribution is 2.37. The highest BCUT2D eigenvalue weighted by molar-refractivity contribution is 8.01. The third-order valence-corrected chi connectivity index (χ3v) is 5.58. The van der Waals surface area contributed by atoms with Gasteiger partial charge in [-0.05, 0) is 24.6 Å². The van der Waals surface area contributed by atoms with E-state index >= 15 is 0 Å². The summed E-state index contributed by atoms with van der Waals surface area (Å²) in [5.41, 5.74) is 1.61. The van der Waals surface area contributed by atoms with Gasteiger partial charge in [-0.3, -0.25) is 4.79 Å². The lowest BCUT2D eigenvalue weighted by Gasteiger charge is -2.17. The predicted molar refractivity (Wildman–Crippen MR) is 103 cm³/mol. The fourth-order valence-corrected chi connectivity index (χ4v) is 4.14. The van der Waals surface area contributed by atoms with Crippen LogP contribution in [0.15, 0.2) is 70.5 Å². The average molecular weight is 370 g/mol. The molecule has 0 saturated carbocycles. The first kappa shape index (κ1) is 17.5. The number of thioether (sulfide) groups is 1. The minimum Gasteiger partial charge on any atom is -0.492 e. The molecule has 1 atom stereocenters. The van der Waals surface area contributed by atoms with Crippen LogP contribution in [-0.4, -0.2) is 17.5 Å². The normalized spacial score (nSPS) is 11.7. The van der Waals surface area contributed by atoms with E-state index in [-0.39, 0.29) is 11.2 Å². The van der Waals surface area contributed by atoms with Crippen molar-refractivity contribution in [2.24, 2.45) is 0 Å². The first-order valence-corrected chi connectivity index (χ1v) is 9.67. The van der Waals surface area contributed by atoms with Crippen LogP contribution in [0, 0.1) is 0 Å². The molecule has 0 aliphatic rings. The Hall–Kier alpha value is -2.31. The number of hydrogen-bond acceptors (Lipinski definition) is 5. The second-order valence-electron chi connectivity index (χ2n) is 5.13. The van der Waals surface area contributed by atoms with Gasteiger partial charge in [-0.15, -0.1) is 11.3 Å². The third-order valence-electron chi connectivity index (χ3n) is 3.41. The Bertz CT molecular complexity index is 807. The summed E-state index contributed by atoms with van der Waals surface area (Å²) in [4.78, 5) is 17.3. The number of para-hydroxylation sites is 2. The molecule has 0 bridgehead atoms. The number of thiazole rings is 1. The maximum atomic E-state index is 13.0. The molecule has 4 nitrogen and oxygen atoms in total. The molecule has 0 aliphatic heterocycles. The van der Waals surface area contributed by atoms with Gasteiger partial charge in [0, 0.05) is 11.6 Å². The number of carbonyl (C=O) groups excluding carboxylic acids is 1. The number of rotatable bonds is 7. The van der Waals surface area contributed by atoms with Crippen molar-refractivity contribution in [2.45, 2.75) is 16.5 Å². The predicted octanol–water partition coefficient (Wildman–Crippen LogP) is 5.01. The maximum absolute atomic E-state index is 13.0. The monoisotopic (exact) mass is 370 g/mol. The molecule has 0 aliphatic carbocycles. The summed E-state index contributed by atoms with van der Waals surface area (Å²) in [6.45, 7) is 2.46. The van der Waals surface area contributed by atoms with Crippen molar-refractivity contribution < 1.29 is 9.53 Å². The molecular formula is C19H18N2O2S2. The quantitative estimate of drug-likeness (QED) is 0.594. The number of hydrogen-bond donors (Lipinski definition) is 1. The molecular weight excluding hydrogens is 352 g/mol. The van der Waals surface area contributed by atoms with Gasteiger partial charge >= 0.3 is 0 Å². The Morgan fingerprint density at radius 3 is 2.68 bits per heavy atom. The van der Waals surface area contributed by atoms with Gasteiger partial charge in [-0.25, -0.2) is 4.98 Å². The zero-order chi connectivity index (χ0) is 17.5. The van der Waals surface area contributed by atoms with Crippen LogP contribution in [0.4, 0.5) is 5.69 Å². The number of benzene rings is 2. The van der Waals surface area contributed by atoms with Crippen molar-refractivity contribution >= 4 is 34.7 Å². The zero-order valence-electron chi connectivity index (χ0n) is 13.7. The van der Waals surface area contributed by atoms with Gasteiger partial charge in [0.2, 0.25) is 5.91 Å². The number of nitrogens with zero attached hydrogens (tertiary/aromatic N) is 1. The Kier molecular flexibility index (Phi) is 6.09. The average Bonchev–Trinajstić information content (AvgIpc) is 3.15. The van der Waals surface area contributed by atoms with Gasteiger partial charge in [0.1, 0.15) is 11.0 Å². The van der Waals surface area contributed by atoms with Crippen LogP contribution in [0.2, 0.25) is 0 Å². The van der Waals surface area contributed by atoms with E-state index in [1.54, 1.807) is 6.20 Å². The molecule has 3 aromatic rings. The molecule has 1 heterocycles. The molecule has 0 saturated heterocycles. The van der Waals surface area contributed by atoms with Crippen LogP contribution in [0.25, 0.3) is 0 Å². The molecule has 25 heavy (non-hydrogen) atoms. The number of nitrogens with one attached hydrogen (secondary N) is 1. The lowest BCUT2D eigenvalue weighted by molar-refractivity contribution is -0.115. The molecule has 128 valence electrons. The van der Waals surface area contributed by atoms with E-state index in [9.17, 15) is 4.79 Å². The standard InChI is InChI=1S/C19H18N2O2S2/c1-2-23-16-11-7-6-10-15(16)21-18(22)17(14-8-4-3-5-9-14)25-19-20-12-13-24-19/h3-13,17H,2H2,1H3,(H,21,22). The second-order valence-corrected chi connectivity index (χ2v) is 7.37. The molecule has 0 spiro atoms. The Labute approximate surface area is 155 Å². The Balaban J connectivity index is 1.84. The van der Waals surface area contributed by atoms with E-state index in [2.05, 4.69) is 10.3 Å². The SMILES string of the molecule is CCOc1ccccc1NC(=O)C(Sc1nccs1)c1ccccc1. The number of carbonyl (C=O) groups is 1. The number of amides is 1. The molecule has 3 rings (SSSR count). The summed E-state index contributed by atoms with van der Waals surface area (Å²) in [6, 6.07) is 17.2. The summed E-state index contributed by atoms with van der Waals surface area (Å²) in [5, 5.41) is 4.52. The highest BCUT2D eigenvalue weighted by atomic mass is 32.2. The second kappa shape index (κ2) is 8.69. The molecule has 0 radical (unpaired) electrons. The summed E-state index contributed by atoms with van der Waals surface area (Å²) in [7, 11) is 0. The van der Waals surface area contributed by atoms with E-state index in [4.69, 9.17) is 4.74 Å². The molecule has 1 amide bonds. The van der Waals surface area contributed by atoms with Gasteiger partial charge in [-0.1, -0.05) is 54.2 Å². The van der Waals surface area contributed by atoms with Gasteiger partial charge < -0.3 is 10.1 Å². The van der Waals surface area contributed by atoms with E-state index in [0.29, 0.717) is 18.0 Å². The van der Waals surface area contributed by atoms with Crippen molar-refractivity contribution in [1.29, 1.82) is 0 Å². The Morgan fingerprint density at radius 1 is 1.20 bits per heavy atom. The fourth-order valence-electron chi connectivity index (χ4n) is 2.32. The molecule has 2 aromatic carbocycles. The van der Waals surface area contributed by atoms with Crippen LogP contribution >= 0.6 is 23.1 Å². The van der Waals surface area contributed by atoms with Crippen LogP contribution < -0.4 is 10.1 Å². The van der Waals surface area contributed by atoms with Gasteiger partial charge in [-0.2, -0.15) is 0 Å². The van der Waals surface area contributed by atoms with Crippen molar-refractivity contribution in [3.05, 3.63) is 71.7 Å². The largest absolute Gasteiger partial charge is 0.492 e. The van der Waals surface area contributed by atoms with Gasteiger partial charge in [0.15, 0.2) is 4.34 Å². The maximum Gasteiger partial charge on any atom is 0.242 e. The van der Waals surface area contributed by atoms with Crippen molar-refractivity contribution in [2.75, 3.05) is 11.9 Å². The van der Waals surface area contributed by atoms with Crippen LogP contribution in [0.1, 0.15) is 17.7 Å². The summed E-state index contributed by atoms with van der Waals surface area (Å²) >= 11 is 2.98.